The molecule has 21 heavy (non-hydrogen) atoms. The maximum Gasteiger partial charge on any atom is 0.254 e. The van der Waals surface area contributed by atoms with Gasteiger partial charge in [-0.05, 0) is 30.5 Å². The zero-order chi connectivity index (χ0) is 14.9. The molecule has 4 nitrogen and oxygen atoms in total. The van der Waals surface area contributed by atoms with Crippen LogP contribution in [-0.4, -0.2) is 12.5 Å². The lowest BCUT2D eigenvalue weighted by Crippen LogP contribution is -2.32. The van der Waals surface area contributed by atoms with Gasteiger partial charge in [-0.3, -0.25) is 4.79 Å². The van der Waals surface area contributed by atoms with E-state index in [1.807, 2.05) is 18.2 Å². The number of nitrogens with two attached hydrogens (primary N) is 1. The fourth-order valence-corrected chi connectivity index (χ4v) is 3.25. The van der Waals surface area contributed by atoms with Crippen LogP contribution in [0, 0.1) is 0 Å². The van der Waals surface area contributed by atoms with E-state index in [1.54, 1.807) is 6.07 Å². The maximum absolute atomic E-state index is 12.1. The van der Waals surface area contributed by atoms with Crippen LogP contribution in [0.1, 0.15) is 34.5 Å². The van der Waals surface area contributed by atoms with Crippen molar-refractivity contribution in [2.24, 2.45) is 5.73 Å². The molecule has 1 aromatic heterocycles. The molecule has 1 amide bonds. The molecule has 0 aliphatic heterocycles. The molecular formula is C16H17BrN2O2. The molecule has 1 saturated carbocycles. The van der Waals surface area contributed by atoms with Gasteiger partial charge in [0, 0.05) is 16.4 Å². The Morgan fingerprint density at radius 2 is 2.14 bits per heavy atom. The number of carbonyl (C=O) groups excluding carboxylic acids is 1. The second kappa shape index (κ2) is 5.66. The predicted molar refractivity (Wildman–Crippen MR) is 84.0 cm³/mol. The largest absolute Gasteiger partial charge is 0.467 e. The van der Waals surface area contributed by atoms with E-state index in [4.69, 9.17) is 10.2 Å². The second-order valence-corrected chi connectivity index (χ2v) is 6.30. The van der Waals surface area contributed by atoms with Crippen molar-refractivity contribution in [2.45, 2.75) is 24.8 Å². The van der Waals surface area contributed by atoms with Gasteiger partial charge in [-0.25, -0.2) is 0 Å². The highest BCUT2D eigenvalue weighted by molar-refractivity contribution is 9.10. The van der Waals surface area contributed by atoms with E-state index in [1.165, 1.54) is 11.8 Å². The second-order valence-electron chi connectivity index (χ2n) is 5.45. The zero-order valence-corrected chi connectivity index (χ0v) is 13.2. The molecule has 3 N–H and O–H groups in total. The summed E-state index contributed by atoms with van der Waals surface area (Å²) in [5, 5.41) is 3.00. The molecule has 0 atom stereocenters. The van der Waals surface area contributed by atoms with Crippen molar-refractivity contribution in [1.29, 1.82) is 0 Å². The third kappa shape index (κ3) is 2.89. The highest BCUT2D eigenvalue weighted by Gasteiger charge is 2.45. The minimum atomic E-state index is -0.114. The van der Waals surface area contributed by atoms with Crippen molar-refractivity contribution < 1.29 is 9.21 Å². The Hall–Kier alpha value is -1.59. The van der Waals surface area contributed by atoms with E-state index in [9.17, 15) is 4.79 Å². The smallest absolute Gasteiger partial charge is 0.254 e. The van der Waals surface area contributed by atoms with Crippen molar-refractivity contribution in [3.8, 4) is 0 Å². The van der Waals surface area contributed by atoms with Crippen LogP contribution < -0.4 is 11.1 Å². The van der Waals surface area contributed by atoms with Gasteiger partial charge >= 0.3 is 0 Å². The van der Waals surface area contributed by atoms with Gasteiger partial charge in [0.2, 0.25) is 0 Å². The molecule has 0 unspecified atom stereocenters. The standard InChI is InChI=1S/C16H17BrN2O2/c17-14-4-2-1-3-13(14)16(5-6-16)10-19-15(20)11-7-12(8-18)21-9-11/h1-4,7,9H,5-6,8,10,18H2,(H,19,20). The molecule has 0 bridgehead atoms. The minimum Gasteiger partial charge on any atom is -0.467 e. The van der Waals surface area contributed by atoms with E-state index in [0.717, 1.165) is 17.3 Å². The van der Waals surface area contributed by atoms with Gasteiger partial charge in [-0.1, -0.05) is 34.1 Å². The van der Waals surface area contributed by atoms with Crippen LogP contribution in [0.25, 0.3) is 0 Å². The van der Waals surface area contributed by atoms with Gasteiger partial charge in [0.15, 0.2) is 0 Å². The van der Waals surface area contributed by atoms with Crippen molar-refractivity contribution >= 4 is 21.8 Å². The molecule has 1 aliphatic rings. The molecule has 1 fully saturated rings. The first-order chi connectivity index (χ1) is 10.1. The molecule has 5 heteroatoms. The summed E-state index contributed by atoms with van der Waals surface area (Å²) in [6.07, 6.45) is 3.64. The summed E-state index contributed by atoms with van der Waals surface area (Å²) in [6.45, 7) is 0.936. The highest BCUT2D eigenvalue weighted by atomic mass is 79.9. The number of amides is 1. The van der Waals surface area contributed by atoms with Crippen molar-refractivity contribution in [3.05, 3.63) is 58.0 Å². The summed E-state index contributed by atoms with van der Waals surface area (Å²) in [6, 6.07) is 9.88. The molecule has 3 rings (SSSR count). The fraction of sp³-hybridized carbons (Fsp3) is 0.312. The van der Waals surface area contributed by atoms with Crippen LogP contribution in [-0.2, 0) is 12.0 Å². The molecule has 0 radical (unpaired) electrons. The zero-order valence-electron chi connectivity index (χ0n) is 11.6. The van der Waals surface area contributed by atoms with Crippen molar-refractivity contribution in [1.82, 2.24) is 5.32 Å². The van der Waals surface area contributed by atoms with Crippen LogP contribution >= 0.6 is 15.9 Å². The highest BCUT2D eigenvalue weighted by Crippen LogP contribution is 2.49. The summed E-state index contributed by atoms with van der Waals surface area (Å²) >= 11 is 3.60. The van der Waals surface area contributed by atoms with Gasteiger partial charge in [0.25, 0.3) is 5.91 Å². The number of rotatable bonds is 5. The Balaban J connectivity index is 1.67. The number of halogens is 1. The molecule has 1 aromatic carbocycles. The number of hydrogen-bond donors (Lipinski definition) is 2. The third-order valence-corrected chi connectivity index (χ3v) is 4.69. The molecule has 110 valence electrons. The Kier molecular flexibility index (Phi) is 3.87. The van der Waals surface area contributed by atoms with Gasteiger partial charge in [-0.2, -0.15) is 0 Å². The van der Waals surface area contributed by atoms with Gasteiger partial charge < -0.3 is 15.5 Å². The Bertz CT molecular complexity index is 662. The first-order valence-corrected chi connectivity index (χ1v) is 7.75. The Morgan fingerprint density at radius 3 is 2.76 bits per heavy atom. The molecule has 1 heterocycles. The van der Waals surface area contributed by atoms with Gasteiger partial charge in [0.1, 0.15) is 12.0 Å². The monoisotopic (exact) mass is 348 g/mol. The first kappa shape index (κ1) is 14.4. The van der Waals surface area contributed by atoms with E-state index >= 15 is 0 Å². The van der Waals surface area contributed by atoms with Crippen LogP contribution in [0.5, 0.6) is 0 Å². The topological polar surface area (TPSA) is 68.3 Å². The van der Waals surface area contributed by atoms with Crippen molar-refractivity contribution in [3.63, 3.8) is 0 Å². The maximum atomic E-state index is 12.1. The van der Waals surface area contributed by atoms with E-state index in [0.29, 0.717) is 24.4 Å². The van der Waals surface area contributed by atoms with Crippen molar-refractivity contribution in [2.75, 3.05) is 6.54 Å². The lowest BCUT2D eigenvalue weighted by molar-refractivity contribution is 0.0949. The number of carbonyl (C=O) groups is 1. The third-order valence-electron chi connectivity index (χ3n) is 4.00. The summed E-state index contributed by atoms with van der Waals surface area (Å²) < 4.78 is 6.30. The van der Waals surface area contributed by atoms with Gasteiger partial charge in [0.05, 0.1) is 12.1 Å². The van der Waals surface area contributed by atoms with E-state index in [2.05, 4.69) is 27.3 Å². The Labute approximate surface area is 131 Å². The summed E-state index contributed by atoms with van der Waals surface area (Å²) in [4.78, 5) is 12.1. The first-order valence-electron chi connectivity index (χ1n) is 6.95. The van der Waals surface area contributed by atoms with E-state index in [-0.39, 0.29) is 11.3 Å². The molecular weight excluding hydrogens is 332 g/mol. The van der Waals surface area contributed by atoms with Crippen LogP contribution in [0.4, 0.5) is 0 Å². The Morgan fingerprint density at radius 1 is 1.38 bits per heavy atom. The molecule has 1 aliphatic carbocycles. The summed E-state index contributed by atoms with van der Waals surface area (Å²) in [5.74, 6) is 0.504. The molecule has 2 aromatic rings. The molecule has 0 saturated heterocycles. The lowest BCUT2D eigenvalue weighted by Gasteiger charge is -2.17. The average Bonchev–Trinajstić information content (AvgIpc) is 3.12. The van der Waals surface area contributed by atoms with Gasteiger partial charge in [-0.15, -0.1) is 0 Å². The summed E-state index contributed by atoms with van der Waals surface area (Å²) in [5.41, 5.74) is 7.33. The van der Waals surface area contributed by atoms with Crippen LogP contribution in [0.15, 0.2) is 45.5 Å². The predicted octanol–water partition coefficient (Wildman–Crippen LogP) is 2.96. The van der Waals surface area contributed by atoms with Crippen LogP contribution in [0.3, 0.4) is 0 Å². The number of furan rings is 1. The van der Waals surface area contributed by atoms with E-state index < -0.39 is 0 Å². The quantitative estimate of drug-likeness (QED) is 0.872. The fourth-order valence-electron chi connectivity index (χ4n) is 2.54. The molecule has 0 spiro atoms. The minimum absolute atomic E-state index is 0.0657. The lowest BCUT2D eigenvalue weighted by atomic mass is 9.96. The summed E-state index contributed by atoms with van der Waals surface area (Å²) in [7, 11) is 0. The van der Waals surface area contributed by atoms with Crippen LogP contribution in [0.2, 0.25) is 0 Å². The number of nitrogens with one attached hydrogen (secondary N) is 1. The average molecular weight is 349 g/mol. The number of benzene rings is 1. The normalized spacial score (nSPS) is 15.7. The number of hydrogen-bond acceptors (Lipinski definition) is 3. The SMILES string of the molecule is NCc1cc(C(=O)NCC2(c3ccccc3Br)CC2)co1.